The average molecular weight is 152 g/mol. The van der Waals surface area contributed by atoms with Crippen LogP contribution in [0.4, 0.5) is 0 Å². The molecule has 2 aliphatic carbocycles. The first-order chi connectivity index (χ1) is 5.33. The summed E-state index contributed by atoms with van der Waals surface area (Å²) in [5.74, 6) is 1.73. The van der Waals surface area contributed by atoms with Crippen LogP contribution in [0.15, 0.2) is 12.2 Å². The molecule has 11 heavy (non-hydrogen) atoms. The number of ether oxygens (including phenoxy) is 1. The van der Waals surface area contributed by atoms with Gasteiger partial charge in [0.1, 0.15) is 5.78 Å². The van der Waals surface area contributed by atoms with E-state index in [1.807, 2.05) is 6.08 Å². The third-order valence-electron chi connectivity index (χ3n) is 2.74. The molecular weight excluding hydrogens is 140 g/mol. The molecule has 1 saturated carbocycles. The number of carbonyl (C=O) groups is 1. The molecule has 0 N–H and O–H groups in total. The van der Waals surface area contributed by atoms with Gasteiger partial charge in [0.25, 0.3) is 0 Å². The quantitative estimate of drug-likeness (QED) is 0.552. The molecular formula is C9H12O2. The van der Waals surface area contributed by atoms with Crippen molar-refractivity contribution in [3.63, 3.8) is 0 Å². The summed E-state index contributed by atoms with van der Waals surface area (Å²) in [5, 5.41) is 0. The number of methoxy groups -OCH3 is 1. The van der Waals surface area contributed by atoms with E-state index in [1.165, 1.54) is 0 Å². The molecule has 0 heterocycles. The minimum absolute atomic E-state index is 0.246. The summed E-state index contributed by atoms with van der Waals surface area (Å²) in [6.45, 7) is 0.769. The lowest BCUT2D eigenvalue weighted by molar-refractivity contribution is -0.132. The van der Waals surface area contributed by atoms with E-state index in [-0.39, 0.29) is 5.92 Å². The first-order valence-electron chi connectivity index (χ1n) is 4.03. The van der Waals surface area contributed by atoms with Crippen LogP contribution in [0, 0.1) is 17.8 Å². The lowest BCUT2D eigenvalue weighted by atomic mass is 9.71. The van der Waals surface area contributed by atoms with Gasteiger partial charge in [0.05, 0.1) is 6.61 Å². The topological polar surface area (TPSA) is 26.3 Å². The van der Waals surface area contributed by atoms with Crippen molar-refractivity contribution in [3.8, 4) is 0 Å². The maximum Gasteiger partial charge on any atom is 0.140 e. The molecule has 3 atom stereocenters. The van der Waals surface area contributed by atoms with Crippen molar-refractivity contribution < 1.29 is 9.53 Å². The molecule has 0 unspecified atom stereocenters. The molecule has 60 valence electrons. The first-order valence-corrected chi connectivity index (χ1v) is 4.03. The number of hydrogen-bond acceptors (Lipinski definition) is 2. The second-order valence-electron chi connectivity index (χ2n) is 3.36. The van der Waals surface area contributed by atoms with Gasteiger partial charge in [-0.25, -0.2) is 0 Å². The Balaban J connectivity index is 1.99. The number of carbonyl (C=O) groups excluding carboxylic acids is 1. The predicted octanol–water partition coefficient (Wildman–Crippen LogP) is 1.02. The summed E-state index contributed by atoms with van der Waals surface area (Å²) in [4.78, 5) is 11.0. The summed E-state index contributed by atoms with van der Waals surface area (Å²) < 4.78 is 5.05. The molecule has 0 aromatic heterocycles. The Morgan fingerprint density at radius 3 is 3.00 bits per heavy atom. The number of fused-ring (bicyclic) bond motifs is 1. The molecule has 2 rings (SSSR count). The highest BCUT2D eigenvalue weighted by Crippen LogP contribution is 2.43. The third kappa shape index (κ3) is 0.932. The van der Waals surface area contributed by atoms with Crippen LogP contribution in [0.3, 0.4) is 0 Å². The minimum atomic E-state index is 0.246. The standard InChI is InChI=1S/C9H12O2/c1-11-5-6-2-3-7-8(6)4-9(7)10/h2-3,6-8H,4-5H2,1H3/t6-,7+,8-/m1/s1. The Morgan fingerprint density at radius 1 is 1.64 bits per heavy atom. The van der Waals surface area contributed by atoms with Crippen LogP contribution in [-0.4, -0.2) is 19.5 Å². The van der Waals surface area contributed by atoms with Crippen molar-refractivity contribution >= 4 is 5.78 Å². The molecule has 0 aromatic rings. The van der Waals surface area contributed by atoms with Crippen molar-refractivity contribution in [2.24, 2.45) is 17.8 Å². The van der Waals surface area contributed by atoms with Crippen LogP contribution < -0.4 is 0 Å². The fourth-order valence-corrected chi connectivity index (χ4v) is 2.02. The second kappa shape index (κ2) is 2.45. The van der Waals surface area contributed by atoms with Crippen molar-refractivity contribution in [2.45, 2.75) is 6.42 Å². The van der Waals surface area contributed by atoms with Gasteiger partial charge in [0, 0.05) is 25.4 Å². The predicted molar refractivity (Wildman–Crippen MR) is 41.1 cm³/mol. The normalized spacial score (nSPS) is 40.5. The Kier molecular flexibility index (Phi) is 1.57. The lowest BCUT2D eigenvalue weighted by Crippen LogP contribution is -2.37. The summed E-state index contributed by atoms with van der Waals surface area (Å²) in [6.07, 6.45) is 4.94. The monoisotopic (exact) mass is 152 g/mol. The minimum Gasteiger partial charge on any atom is -0.384 e. The average Bonchev–Trinajstić information content (AvgIpc) is 2.28. The molecule has 2 nitrogen and oxygen atoms in total. The van der Waals surface area contributed by atoms with Crippen molar-refractivity contribution in [1.29, 1.82) is 0 Å². The summed E-state index contributed by atoms with van der Waals surface area (Å²) in [6, 6.07) is 0. The molecule has 0 saturated heterocycles. The highest BCUT2D eigenvalue weighted by atomic mass is 16.5. The Labute approximate surface area is 66.2 Å². The lowest BCUT2D eigenvalue weighted by Gasteiger charge is -2.32. The SMILES string of the molecule is COC[C@H]1C=C[C@@H]2C(=O)C[C@H]12. The molecule has 0 spiro atoms. The smallest absolute Gasteiger partial charge is 0.140 e. The number of hydrogen-bond donors (Lipinski definition) is 0. The molecule has 0 bridgehead atoms. The maximum atomic E-state index is 11.0. The zero-order valence-electron chi connectivity index (χ0n) is 6.62. The van der Waals surface area contributed by atoms with Gasteiger partial charge in [-0.15, -0.1) is 0 Å². The first kappa shape index (κ1) is 7.04. The van der Waals surface area contributed by atoms with Crippen molar-refractivity contribution in [2.75, 3.05) is 13.7 Å². The van der Waals surface area contributed by atoms with Gasteiger partial charge in [0.15, 0.2) is 0 Å². The fraction of sp³-hybridized carbons (Fsp3) is 0.667. The van der Waals surface area contributed by atoms with Crippen molar-refractivity contribution in [3.05, 3.63) is 12.2 Å². The van der Waals surface area contributed by atoms with Gasteiger partial charge in [-0.05, 0) is 5.92 Å². The van der Waals surface area contributed by atoms with E-state index < -0.39 is 0 Å². The molecule has 1 fully saturated rings. The number of allylic oxidation sites excluding steroid dienone is 1. The Hall–Kier alpha value is -0.630. The highest BCUT2D eigenvalue weighted by Gasteiger charge is 2.44. The zero-order chi connectivity index (χ0) is 7.84. The highest BCUT2D eigenvalue weighted by molar-refractivity contribution is 5.90. The molecule has 0 amide bonds. The number of rotatable bonds is 2. The van der Waals surface area contributed by atoms with E-state index in [1.54, 1.807) is 7.11 Å². The second-order valence-corrected chi connectivity index (χ2v) is 3.36. The van der Waals surface area contributed by atoms with Crippen LogP contribution in [0.25, 0.3) is 0 Å². The van der Waals surface area contributed by atoms with Gasteiger partial charge in [-0.3, -0.25) is 4.79 Å². The Morgan fingerprint density at radius 2 is 2.45 bits per heavy atom. The van der Waals surface area contributed by atoms with Gasteiger partial charge in [-0.1, -0.05) is 12.2 Å². The van der Waals surface area contributed by atoms with Gasteiger partial charge < -0.3 is 4.74 Å². The van der Waals surface area contributed by atoms with Gasteiger partial charge >= 0.3 is 0 Å². The fourth-order valence-electron chi connectivity index (χ4n) is 2.02. The van der Waals surface area contributed by atoms with E-state index in [9.17, 15) is 4.79 Å². The van der Waals surface area contributed by atoms with Crippen molar-refractivity contribution in [1.82, 2.24) is 0 Å². The summed E-state index contributed by atoms with van der Waals surface area (Å²) in [5.41, 5.74) is 0. The third-order valence-corrected chi connectivity index (χ3v) is 2.74. The number of Topliss-reactive ketones (excluding diaryl/α,β-unsaturated/α-hetero) is 1. The largest absolute Gasteiger partial charge is 0.384 e. The number of ketones is 1. The zero-order valence-corrected chi connectivity index (χ0v) is 6.62. The van der Waals surface area contributed by atoms with Gasteiger partial charge in [-0.2, -0.15) is 0 Å². The molecule has 0 radical (unpaired) electrons. The van der Waals surface area contributed by atoms with E-state index in [0.29, 0.717) is 17.6 Å². The van der Waals surface area contributed by atoms with Crippen LogP contribution in [0.1, 0.15) is 6.42 Å². The molecule has 0 aliphatic heterocycles. The van der Waals surface area contributed by atoms with E-state index in [0.717, 1.165) is 13.0 Å². The van der Waals surface area contributed by atoms with Crippen LogP contribution in [0.2, 0.25) is 0 Å². The van der Waals surface area contributed by atoms with E-state index in [2.05, 4.69) is 6.08 Å². The van der Waals surface area contributed by atoms with Crippen LogP contribution >= 0.6 is 0 Å². The van der Waals surface area contributed by atoms with E-state index in [4.69, 9.17) is 4.74 Å². The summed E-state index contributed by atoms with van der Waals surface area (Å²) in [7, 11) is 1.71. The van der Waals surface area contributed by atoms with E-state index >= 15 is 0 Å². The maximum absolute atomic E-state index is 11.0. The van der Waals surface area contributed by atoms with Crippen LogP contribution in [0.5, 0.6) is 0 Å². The Bertz CT molecular complexity index is 208. The molecule has 2 aliphatic rings. The molecule has 0 aromatic carbocycles. The van der Waals surface area contributed by atoms with Gasteiger partial charge in [0.2, 0.25) is 0 Å². The molecule has 2 heteroatoms. The van der Waals surface area contributed by atoms with Crippen LogP contribution in [-0.2, 0) is 9.53 Å². The summed E-state index contributed by atoms with van der Waals surface area (Å²) >= 11 is 0.